The van der Waals surface area contributed by atoms with Crippen LogP contribution in [-0.2, 0) is 0 Å². The van der Waals surface area contributed by atoms with Crippen LogP contribution in [0.2, 0.25) is 0 Å². The lowest BCUT2D eigenvalue weighted by Gasteiger charge is -2.07. The van der Waals surface area contributed by atoms with Gasteiger partial charge in [-0.15, -0.1) is 0 Å². The SMILES string of the molecule is O=C(O)c1cccc(C(=O)NCCCC(F)(F)F)n1. The Morgan fingerprint density at radius 2 is 1.89 bits per heavy atom. The number of aromatic carboxylic acids is 1. The van der Waals surface area contributed by atoms with Crippen LogP contribution in [0, 0.1) is 0 Å². The van der Waals surface area contributed by atoms with Crippen molar-refractivity contribution in [3.05, 3.63) is 29.6 Å². The smallest absolute Gasteiger partial charge is 0.389 e. The van der Waals surface area contributed by atoms with Crippen molar-refractivity contribution in [3.63, 3.8) is 0 Å². The molecule has 1 aromatic heterocycles. The van der Waals surface area contributed by atoms with Crippen LogP contribution in [-0.4, -0.2) is 34.7 Å². The first-order valence-corrected chi connectivity index (χ1v) is 5.35. The maximum atomic E-state index is 11.9. The normalized spacial score (nSPS) is 11.1. The van der Waals surface area contributed by atoms with Crippen LogP contribution < -0.4 is 5.32 Å². The predicted octanol–water partition coefficient (Wildman–Crippen LogP) is 1.85. The maximum Gasteiger partial charge on any atom is 0.389 e. The molecule has 0 saturated heterocycles. The second-order valence-electron chi connectivity index (χ2n) is 3.69. The Balaban J connectivity index is 2.50. The van der Waals surface area contributed by atoms with E-state index in [0.717, 1.165) is 0 Å². The molecule has 2 N–H and O–H groups in total. The molecule has 0 aliphatic heterocycles. The van der Waals surface area contributed by atoms with E-state index in [1.165, 1.54) is 18.2 Å². The molecule has 0 spiro atoms. The third-order valence-electron chi connectivity index (χ3n) is 2.12. The van der Waals surface area contributed by atoms with Crippen LogP contribution in [0.15, 0.2) is 18.2 Å². The summed E-state index contributed by atoms with van der Waals surface area (Å²) in [6.45, 7) is -0.155. The second kappa shape index (κ2) is 6.17. The molecule has 0 bridgehead atoms. The number of halogens is 3. The number of hydrogen-bond donors (Lipinski definition) is 2. The second-order valence-corrected chi connectivity index (χ2v) is 3.69. The molecule has 0 aromatic carbocycles. The highest BCUT2D eigenvalue weighted by atomic mass is 19.4. The van der Waals surface area contributed by atoms with E-state index in [2.05, 4.69) is 10.3 Å². The number of rotatable bonds is 5. The van der Waals surface area contributed by atoms with Crippen LogP contribution in [0.4, 0.5) is 13.2 Å². The summed E-state index contributed by atoms with van der Waals surface area (Å²) in [4.78, 5) is 25.7. The molecule has 1 amide bonds. The summed E-state index contributed by atoms with van der Waals surface area (Å²) in [6.07, 6.45) is -5.49. The Morgan fingerprint density at radius 1 is 1.26 bits per heavy atom. The van der Waals surface area contributed by atoms with Crippen LogP contribution in [0.25, 0.3) is 0 Å². The molecular weight excluding hydrogens is 265 g/mol. The van der Waals surface area contributed by atoms with Crippen molar-refractivity contribution in [1.29, 1.82) is 0 Å². The third-order valence-corrected chi connectivity index (χ3v) is 2.12. The van der Waals surface area contributed by atoms with Gasteiger partial charge < -0.3 is 10.4 Å². The van der Waals surface area contributed by atoms with E-state index in [1.54, 1.807) is 0 Å². The Morgan fingerprint density at radius 3 is 2.47 bits per heavy atom. The largest absolute Gasteiger partial charge is 0.477 e. The van der Waals surface area contributed by atoms with E-state index in [9.17, 15) is 22.8 Å². The molecule has 0 atom stereocenters. The van der Waals surface area contributed by atoms with Crippen LogP contribution in [0.1, 0.15) is 33.8 Å². The Kier molecular flexibility index (Phi) is 4.85. The van der Waals surface area contributed by atoms with Gasteiger partial charge in [0.05, 0.1) is 0 Å². The van der Waals surface area contributed by atoms with E-state index >= 15 is 0 Å². The average Bonchev–Trinajstić information content (AvgIpc) is 2.33. The molecule has 0 aliphatic rings. The van der Waals surface area contributed by atoms with Crippen molar-refractivity contribution < 1.29 is 27.9 Å². The monoisotopic (exact) mass is 276 g/mol. The van der Waals surface area contributed by atoms with E-state index in [1.807, 2.05) is 0 Å². The number of aromatic nitrogens is 1. The number of hydrogen-bond acceptors (Lipinski definition) is 3. The first-order valence-electron chi connectivity index (χ1n) is 5.35. The number of alkyl halides is 3. The van der Waals surface area contributed by atoms with E-state index in [-0.39, 0.29) is 24.4 Å². The lowest BCUT2D eigenvalue weighted by atomic mass is 10.2. The molecule has 0 unspecified atom stereocenters. The van der Waals surface area contributed by atoms with E-state index < -0.39 is 24.5 Å². The summed E-state index contributed by atoms with van der Waals surface area (Å²) in [5.74, 6) is -1.99. The molecule has 8 heteroatoms. The number of nitrogens with zero attached hydrogens (tertiary/aromatic N) is 1. The van der Waals surface area contributed by atoms with Gasteiger partial charge in [-0.25, -0.2) is 9.78 Å². The minimum absolute atomic E-state index is 0.146. The number of carbonyl (C=O) groups is 2. The van der Waals surface area contributed by atoms with Gasteiger partial charge >= 0.3 is 12.1 Å². The number of nitrogens with one attached hydrogen (secondary N) is 1. The predicted molar refractivity (Wildman–Crippen MR) is 58.8 cm³/mol. The highest BCUT2D eigenvalue weighted by molar-refractivity contribution is 5.94. The molecule has 0 radical (unpaired) electrons. The summed E-state index contributed by atoms with van der Waals surface area (Å²) in [6, 6.07) is 3.83. The number of pyridine rings is 1. The van der Waals surface area contributed by atoms with Crippen LogP contribution in [0.3, 0.4) is 0 Å². The Bertz CT molecular complexity index is 474. The number of carboxylic acids is 1. The lowest BCUT2D eigenvalue weighted by molar-refractivity contribution is -0.135. The first kappa shape index (κ1) is 14.9. The van der Waals surface area contributed by atoms with E-state index in [4.69, 9.17) is 5.11 Å². The van der Waals surface area contributed by atoms with E-state index in [0.29, 0.717) is 0 Å². The topological polar surface area (TPSA) is 79.3 Å². The average molecular weight is 276 g/mol. The van der Waals surface area contributed by atoms with Gasteiger partial charge in [0, 0.05) is 13.0 Å². The van der Waals surface area contributed by atoms with Crippen molar-refractivity contribution in [2.75, 3.05) is 6.54 Å². The molecule has 104 valence electrons. The molecule has 0 saturated carbocycles. The molecule has 0 aliphatic carbocycles. The molecule has 1 heterocycles. The van der Waals surface area contributed by atoms with Gasteiger partial charge in [0.2, 0.25) is 0 Å². The molecule has 5 nitrogen and oxygen atoms in total. The summed E-state index contributed by atoms with van der Waals surface area (Å²) < 4.78 is 35.6. The zero-order chi connectivity index (χ0) is 14.5. The van der Waals surface area contributed by atoms with Crippen molar-refractivity contribution in [2.45, 2.75) is 19.0 Å². The van der Waals surface area contributed by atoms with Crippen molar-refractivity contribution in [2.24, 2.45) is 0 Å². The highest BCUT2D eigenvalue weighted by Crippen LogP contribution is 2.20. The number of carboxylic acid groups (broad SMARTS) is 1. The summed E-state index contributed by atoms with van der Waals surface area (Å²) >= 11 is 0. The molecule has 1 aromatic rings. The standard InChI is InChI=1S/C11H11F3N2O3/c12-11(13,14)5-2-6-15-9(17)7-3-1-4-8(16-7)10(18)19/h1,3-4H,2,5-6H2,(H,15,17)(H,18,19). The number of carbonyl (C=O) groups excluding carboxylic acids is 1. The number of amides is 1. The zero-order valence-electron chi connectivity index (χ0n) is 9.70. The fourth-order valence-corrected chi connectivity index (χ4v) is 1.26. The first-order chi connectivity index (χ1) is 8.79. The minimum Gasteiger partial charge on any atom is -0.477 e. The van der Waals surface area contributed by atoms with Crippen molar-refractivity contribution >= 4 is 11.9 Å². The quantitative estimate of drug-likeness (QED) is 0.804. The fraction of sp³-hybridized carbons (Fsp3) is 0.364. The van der Waals surface area contributed by atoms with Crippen molar-refractivity contribution in [3.8, 4) is 0 Å². The Hall–Kier alpha value is -2.12. The van der Waals surface area contributed by atoms with Crippen LogP contribution in [0.5, 0.6) is 0 Å². The minimum atomic E-state index is -4.26. The Labute approximate surface area is 106 Å². The van der Waals surface area contributed by atoms with Crippen molar-refractivity contribution in [1.82, 2.24) is 10.3 Å². The highest BCUT2D eigenvalue weighted by Gasteiger charge is 2.26. The van der Waals surface area contributed by atoms with Gasteiger partial charge in [-0.05, 0) is 18.6 Å². The van der Waals surface area contributed by atoms with Gasteiger partial charge in [0.15, 0.2) is 0 Å². The molecule has 0 fully saturated rings. The maximum absolute atomic E-state index is 11.9. The third kappa shape index (κ3) is 5.36. The van der Waals surface area contributed by atoms with Crippen LogP contribution >= 0.6 is 0 Å². The summed E-state index contributed by atoms with van der Waals surface area (Å²) in [5, 5.41) is 10.9. The summed E-state index contributed by atoms with van der Waals surface area (Å²) in [7, 11) is 0. The van der Waals surface area contributed by atoms with Gasteiger partial charge in [0.25, 0.3) is 5.91 Å². The van der Waals surface area contributed by atoms with Gasteiger partial charge in [-0.1, -0.05) is 6.07 Å². The van der Waals surface area contributed by atoms with Gasteiger partial charge in [-0.3, -0.25) is 4.79 Å². The fourth-order valence-electron chi connectivity index (χ4n) is 1.26. The van der Waals surface area contributed by atoms with Gasteiger partial charge in [0.1, 0.15) is 11.4 Å². The molecule has 1 rings (SSSR count). The molecular formula is C11H11F3N2O3. The van der Waals surface area contributed by atoms with Gasteiger partial charge in [-0.2, -0.15) is 13.2 Å². The zero-order valence-corrected chi connectivity index (χ0v) is 9.70. The lowest BCUT2D eigenvalue weighted by Crippen LogP contribution is -2.26. The molecule has 19 heavy (non-hydrogen) atoms. The summed E-state index contributed by atoms with van der Waals surface area (Å²) in [5.41, 5.74) is -0.449.